The molecule has 0 radical (unpaired) electrons. The van der Waals surface area contributed by atoms with Crippen molar-refractivity contribution in [2.24, 2.45) is 0 Å². The molecule has 0 saturated carbocycles. The van der Waals surface area contributed by atoms with Crippen LogP contribution in [0.2, 0.25) is 0 Å². The minimum Gasteiger partial charge on any atom is -0.469 e. The molecule has 21 heavy (non-hydrogen) atoms. The number of ether oxygens (including phenoxy) is 1. The van der Waals surface area contributed by atoms with Crippen molar-refractivity contribution in [3.8, 4) is 0 Å². The largest absolute Gasteiger partial charge is 0.469 e. The molecule has 2 unspecified atom stereocenters. The monoisotopic (exact) mass is 320 g/mol. The van der Waals surface area contributed by atoms with Gasteiger partial charge >= 0.3 is 5.97 Å². The molecular formula is C17H33ClO3. The number of aliphatic hydroxyl groups excluding tert-OH is 1. The minimum atomic E-state index is -0.358. The van der Waals surface area contributed by atoms with Crippen molar-refractivity contribution in [3.05, 3.63) is 0 Å². The third kappa shape index (κ3) is 13.1. The van der Waals surface area contributed by atoms with E-state index in [9.17, 15) is 9.90 Å². The van der Waals surface area contributed by atoms with Crippen molar-refractivity contribution >= 4 is 17.6 Å². The van der Waals surface area contributed by atoms with Gasteiger partial charge in [0.2, 0.25) is 0 Å². The maximum absolute atomic E-state index is 10.9. The Morgan fingerprint density at radius 3 is 2.24 bits per heavy atom. The molecule has 0 aromatic heterocycles. The van der Waals surface area contributed by atoms with Crippen LogP contribution in [0.4, 0.5) is 0 Å². The zero-order valence-corrected chi connectivity index (χ0v) is 14.5. The predicted molar refractivity (Wildman–Crippen MR) is 88.7 cm³/mol. The third-order valence-electron chi connectivity index (χ3n) is 3.86. The molecule has 2 atom stereocenters. The van der Waals surface area contributed by atoms with Gasteiger partial charge in [-0.2, -0.15) is 0 Å². The van der Waals surface area contributed by atoms with Crippen LogP contribution in [-0.4, -0.2) is 29.7 Å². The quantitative estimate of drug-likeness (QED) is 0.283. The van der Waals surface area contributed by atoms with Gasteiger partial charge in [-0.25, -0.2) is 0 Å². The highest BCUT2D eigenvalue weighted by Crippen LogP contribution is 2.18. The van der Waals surface area contributed by atoms with Crippen molar-refractivity contribution in [1.82, 2.24) is 0 Å². The normalized spacial score (nSPS) is 13.9. The number of alkyl halides is 1. The van der Waals surface area contributed by atoms with Gasteiger partial charge in [-0.3, -0.25) is 4.79 Å². The molecule has 0 heterocycles. The van der Waals surface area contributed by atoms with Crippen molar-refractivity contribution in [1.29, 1.82) is 0 Å². The molecule has 0 bridgehead atoms. The van der Waals surface area contributed by atoms with Crippen molar-refractivity contribution in [2.75, 3.05) is 7.11 Å². The molecule has 3 nitrogen and oxygen atoms in total. The second-order valence-corrected chi connectivity index (χ2v) is 6.38. The van der Waals surface area contributed by atoms with E-state index in [4.69, 9.17) is 11.6 Å². The Morgan fingerprint density at radius 2 is 1.57 bits per heavy atom. The highest BCUT2D eigenvalue weighted by atomic mass is 35.5. The molecule has 0 aromatic rings. The summed E-state index contributed by atoms with van der Waals surface area (Å²) >= 11 is 6.23. The summed E-state index contributed by atoms with van der Waals surface area (Å²) in [6.45, 7) is 2.19. The first-order valence-electron chi connectivity index (χ1n) is 8.50. The molecule has 0 fully saturated rings. The van der Waals surface area contributed by atoms with Crippen molar-refractivity contribution in [3.63, 3.8) is 0 Å². The van der Waals surface area contributed by atoms with Gasteiger partial charge in [0.15, 0.2) is 0 Å². The van der Waals surface area contributed by atoms with Crippen molar-refractivity contribution < 1.29 is 14.6 Å². The molecule has 0 aliphatic rings. The van der Waals surface area contributed by atoms with Crippen LogP contribution in [0.25, 0.3) is 0 Å². The van der Waals surface area contributed by atoms with E-state index in [1.807, 2.05) is 0 Å². The van der Waals surface area contributed by atoms with Gasteiger partial charge < -0.3 is 9.84 Å². The summed E-state index contributed by atoms with van der Waals surface area (Å²) in [4.78, 5) is 10.9. The molecule has 4 heteroatoms. The summed E-state index contributed by atoms with van der Waals surface area (Å²) in [5, 5.41) is 9.85. The van der Waals surface area contributed by atoms with Gasteiger partial charge in [-0.05, 0) is 19.3 Å². The lowest BCUT2D eigenvalue weighted by Gasteiger charge is -2.16. The fraction of sp³-hybridized carbons (Fsp3) is 0.941. The Labute approximate surface area is 135 Å². The average molecular weight is 321 g/mol. The van der Waals surface area contributed by atoms with Crippen LogP contribution in [0.15, 0.2) is 0 Å². The SMILES string of the molecule is CCCCCCC(O)C(Cl)CCCCCCCC(=O)OC. The zero-order valence-electron chi connectivity index (χ0n) is 13.8. The summed E-state index contributed by atoms with van der Waals surface area (Å²) in [5.41, 5.74) is 0. The molecular weight excluding hydrogens is 288 g/mol. The lowest BCUT2D eigenvalue weighted by atomic mass is 10.0. The fourth-order valence-corrected chi connectivity index (χ4v) is 2.67. The number of carbonyl (C=O) groups is 1. The smallest absolute Gasteiger partial charge is 0.305 e. The van der Waals surface area contributed by atoms with E-state index in [2.05, 4.69) is 11.7 Å². The number of aliphatic hydroxyl groups is 1. The predicted octanol–water partition coefficient (Wildman–Crippen LogP) is 4.83. The van der Waals surface area contributed by atoms with Crippen molar-refractivity contribution in [2.45, 2.75) is 95.5 Å². The van der Waals surface area contributed by atoms with E-state index < -0.39 is 0 Å². The van der Waals surface area contributed by atoms with Crippen LogP contribution in [0.1, 0.15) is 84.0 Å². The highest BCUT2D eigenvalue weighted by Gasteiger charge is 2.15. The molecule has 1 N–H and O–H groups in total. The van der Waals surface area contributed by atoms with Crippen LogP contribution in [0.3, 0.4) is 0 Å². The molecule has 0 aliphatic carbocycles. The molecule has 0 saturated heterocycles. The van der Waals surface area contributed by atoms with Gasteiger partial charge in [-0.15, -0.1) is 11.6 Å². The summed E-state index contributed by atoms with van der Waals surface area (Å²) in [5.74, 6) is -0.123. The first-order valence-corrected chi connectivity index (χ1v) is 8.94. The molecule has 0 rings (SSSR count). The summed E-state index contributed by atoms with van der Waals surface area (Å²) in [6, 6.07) is 0. The van der Waals surface area contributed by atoms with Crippen LogP contribution in [-0.2, 0) is 9.53 Å². The topological polar surface area (TPSA) is 46.5 Å². The maximum atomic E-state index is 10.9. The number of rotatable bonds is 14. The zero-order chi connectivity index (χ0) is 15.9. The van der Waals surface area contributed by atoms with E-state index in [0.717, 1.165) is 51.4 Å². The summed E-state index contributed by atoms with van der Waals surface area (Å²) in [7, 11) is 1.43. The second kappa shape index (κ2) is 14.6. The Hall–Kier alpha value is -0.280. The first-order chi connectivity index (χ1) is 10.1. The van der Waals surface area contributed by atoms with Gasteiger partial charge in [0, 0.05) is 6.42 Å². The van der Waals surface area contributed by atoms with Gasteiger partial charge in [-0.1, -0.05) is 58.3 Å². The number of unbranched alkanes of at least 4 members (excludes halogenated alkanes) is 7. The molecule has 0 spiro atoms. The summed E-state index contributed by atoms with van der Waals surface area (Å²) in [6.07, 6.45) is 11.8. The van der Waals surface area contributed by atoms with Crippen LogP contribution < -0.4 is 0 Å². The Balaban J connectivity index is 3.39. The minimum absolute atomic E-state index is 0.110. The average Bonchev–Trinajstić information content (AvgIpc) is 2.49. The molecule has 126 valence electrons. The van der Waals surface area contributed by atoms with E-state index in [-0.39, 0.29) is 17.5 Å². The number of hydrogen-bond acceptors (Lipinski definition) is 3. The van der Waals surface area contributed by atoms with E-state index >= 15 is 0 Å². The summed E-state index contributed by atoms with van der Waals surface area (Å²) < 4.78 is 4.60. The molecule has 0 aromatic carbocycles. The number of esters is 1. The van der Waals surface area contributed by atoms with Crippen LogP contribution in [0.5, 0.6) is 0 Å². The Morgan fingerprint density at radius 1 is 1.00 bits per heavy atom. The van der Waals surface area contributed by atoms with Crippen LogP contribution >= 0.6 is 11.6 Å². The highest BCUT2D eigenvalue weighted by molar-refractivity contribution is 6.21. The lowest BCUT2D eigenvalue weighted by Crippen LogP contribution is -2.20. The third-order valence-corrected chi connectivity index (χ3v) is 4.37. The number of hydrogen-bond donors (Lipinski definition) is 1. The van der Waals surface area contributed by atoms with Crippen LogP contribution in [0, 0.1) is 0 Å². The maximum Gasteiger partial charge on any atom is 0.305 e. The Bertz CT molecular complexity index is 246. The van der Waals surface area contributed by atoms with E-state index in [1.54, 1.807) is 0 Å². The fourth-order valence-electron chi connectivity index (χ4n) is 2.39. The molecule has 0 aliphatic heterocycles. The lowest BCUT2D eigenvalue weighted by molar-refractivity contribution is -0.140. The van der Waals surface area contributed by atoms with Gasteiger partial charge in [0.1, 0.15) is 0 Å². The standard InChI is InChI=1S/C17H33ClO3/c1-3-4-5-10-13-16(19)15(18)12-9-7-6-8-11-14-17(20)21-2/h15-16,19H,3-14H2,1-2H3. The first kappa shape index (κ1) is 20.7. The van der Waals surface area contributed by atoms with Gasteiger partial charge in [0.05, 0.1) is 18.6 Å². The van der Waals surface area contributed by atoms with E-state index in [0.29, 0.717) is 6.42 Å². The number of carbonyl (C=O) groups excluding carboxylic acids is 1. The molecule has 0 amide bonds. The second-order valence-electron chi connectivity index (χ2n) is 5.82. The Kier molecular flexibility index (Phi) is 14.5. The van der Waals surface area contributed by atoms with E-state index in [1.165, 1.54) is 26.4 Å². The number of methoxy groups -OCH3 is 1. The van der Waals surface area contributed by atoms with Gasteiger partial charge in [0.25, 0.3) is 0 Å². The number of halogens is 1.